The number of rotatable bonds is 5. The smallest absolute Gasteiger partial charge is 0.252 e. The highest BCUT2D eigenvalue weighted by Gasteiger charge is 2.15. The average Bonchev–Trinajstić information content (AvgIpc) is 3.03. The summed E-state index contributed by atoms with van der Waals surface area (Å²) in [7, 11) is 1.76. The second-order valence-electron chi connectivity index (χ2n) is 5.36. The Labute approximate surface area is 159 Å². The minimum Gasteiger partial charge on any atom is -0.355 e. The summed E-state index contributed by atoms with van der Waals surface area (Å²) in [5.74, 6) is 0.630. The summed E-state index contributed by atoms with van der Waals surface area (Å²) in [5.41, 5.74) is 0.498. The quantitative estimate of drug-likeness (QED) is 0.280. The van der Waals surface area contributed by atoms with Gasteiger partial charge in [-0.05, 0) is 25.0 Å². The first-order valence-corrected chi connectivity index (χ1v) is 8.08. The molecule has 1 aromatic rings. The zero-order valence-electron chi connectivity index (χ0n) is 13.3. The number of nitrogens with one attached hydrogen (secondary N) is 3. The average molecular weight is 451 g/mol. The SMILES string of the molecule is CN=C(NCCNC(=O)c1ccccc1Cl)NC1CCCC1.I. The lowest BCUT2D eigenvalue weighted by Crippen LogP contribution is -2.44. The van der Waals surface area contributed by atoms with E-state index in [1.54, 1.807) is 31.3 Å². The normalized spacial score (nSPS) is 15.0. The molecule has 2 rings (SSSR count). The predicted molar refractivity (Wildman–Crippen MR) is 106 cm³/mol. The van der Waals surface area contributed by atoms with Crippen LogP contribution in [0.1, 0.15) is 36.0 Å². The number of halogens is 2. The van der Waals surface area contributed by atoms with Gasteiger partial charge >= 0.3 is 0 Å². The fourth-order valence-corrected chi connectivity index (χ4v) is 2.78. The molecule has 0 saturated heterocycles. The van der Waals surface area contributed by atoms with Crippen molar-refractivity contribution in [1.82, 2.24) is 16.0 Å². The molecule has 0 bridgehead atoms. The predicted octanol–water partition coefficient (Wildman–Crippen LogP) is 2.80. The topological polar surface area (TPSA) is 65.5 Å². The van der Waals surface area contributed by atoms with Gasteiger partial charge in [0.15, 0.2) is 5.96 Å². The molecule has 23 heavy (non-hydrogen) atoms. The van der Waals surface area contributed by atoms with Gasteiger partial charge in [-0.1, -0.05) is 36.6 Å². The van der Waals surface area contributed by atoms with E-state index >= 15 is 0 Å². The van der Waals surface area contributed by atoms with Crippen molar-refractivity contribution in [3.8, 4) is 0 Å². The van der Waals surface area contributed by atoms with Crippen LogP contribution in [0.4, 0.5) is 0 Å². The first-order chi connectivity index (χ1) is 10.7. The lowest BCUT2D eigenvalue weighted by Gasteiger charge is -2.17. The number of hydrogen-bond acceptors (Lipinski definition) is 2. The van der Waals surface area contributed by atoms with Gasteiger partial charge in [0.05, 0.1) is 10.6 Å². The van der Waals surface area contributed by atoms with Crippen molar-refractivity contribution >= 4 is 47.4 Å². The van der Waals surface area contributed by atoms with Gasteiger partial charge in [0, 0.05) is 26.2 Å². The molecule has 0 spiro atoms. The summed E-state index contributed by atoms with van der Waals surface area (Å²) < 4.78 is 0. The largest absolute Gasteiger partial charge is 0.355 e. The van der Waals surface area contributed by atoms with Crippen LogP contribution in [-0.4, -0.2) is 38.0 Å². The van der Waals surface area contributed by atoms with Crippen LogP contribution in [-0.2, 0) is 0 Å². The first-order valence-electron chi connectivity index (χ1n) is 7.70. The van der Waals surface area contributed by atoms with Crippen LogP contribution in [0.15, 0.2) is 29.3 Å². The molecule has 1 aliphatic carbocycles. The van der Waals surface area contributed by atoms with Gasteiger partial charge in [-0.2, -0.15) is 0 Å². The summed E-state index contributed by atoms with van der Waals surface area (Å²) in [6.45, 7) is 1.12. The van der Waals surface area contributed by atoms with Crippen molar-refractivity contribution in [2.45, 2.75) is 31.7 Å². The van der Waals surface area contributed by atoms with E-state index in [0.29, 0.717) is 29.7 Å². The number of guanidine groups is 1. The molecule has 0 heterocycles. The number of amides is 1. The summed E-state index contributed by atoms with van der Waals surface area (Å²) >= 11 is 5.99. The van der Waals surface area contributed by atoms with Gasteiger partial charge in [-0.15, -0.1) is 24.0 Å². The molecule has 3 N–H and O–H groups in total. The number of carbonyl (C=O) groups excluding carboxylic acids is 1. The van der Waals surface area contributed by atoms with Gasteiger partial charge in [-0.25, -0.2) is 0 Å². The fourth-order valence-electron chi connectivity index (χ4n) is 2.56. The molecule has 0 aromatic heterocycles. The lowest BCUT2D eigenvalue weighted by atomic mass is 10.2. The van der Waals surface area contributed by atoms with E-state index in [2.05, 4.69) is 20.9 Å². The molecule has 5 nitrogen and oxygen atoms in total. The molecule has 1 aromatic carbocycles. The Kier molecular flexibility index (Phi) is 9.31. The van der Waals surface area contributed by atoms with Crippen molar-refractivity contribution in [3.05, 3.63) is 34.9 Å². The Morgan fingerprint density at radius 2 is 1.87 bits per heavy atom. The van der Waals surface area contributed by atoms with Gasteiger partial charge in [0.2, 0.25) is 0 Å². The van der Waals surface area contributed by atoms with E-state index in [1.807, 2.05) is 0 Å². The van der Waals surface area contributed by atoms with E-state index in [1.165, 1.54) is 25.7 Å². The second kappa shape index (κ2) is 10.7. The van der Waals surface area contributed by atoms with E-state index in [0.717, 1.165) is 5.96 Å². The highest BCUT2D eigenvalue weighted by molar-refractivity contribution is 14.0. The fraction of sp³-hybridized carbons (Fsp3) is 0.500. The maximum atomic E-state index is 12.0. The second-order valence-corrected chi connectivity index (χ2v) is 5.77. The standard InChI is InChI=1S/C16H23ClN4O.HI/c1-18-16(21-12-6-2-3-7-12)20-11-10-19-15(22)13-8-4-5-9-14(13)17;/h4-5,8-9,12H,2-3,6-7,10-11H2,1H3,(H,19,22)(H2,18,20,21);1H. The Morgan fingerprint density at radius 1 is 1.22 bits per heavy atom. The number of aliphatic imine (C=N–C) groups is 1. The van der Waals surface area contributed by atoms with E-state index < -0.39 is 0 Å². The summed E-state index contributed by atoms with van der Waals surface area (Å²) in [5, 5.41) is 9.92. The molecule has 0 aliphatic heterocycles. The third kappa shape index (κ3) is 6.55. The lowest BCUT2D eigenvalue weighted by molar-refractivity contribution is 0.0954. The minimum atomic E-state index is -0.161. The van der Waals surface area contributed by atoms with Gasteiger partial charge < -0.3 is 16.0 Å². The zero-order valence-corrected chi connectivity index (χ0v) is 16.4. The van der Waals surface area contributed by atoms with Crippen LogP contribution in [0.25, 0.3) is 0 Å². The van der Waals surface area contributed by atoms with Crippen molar-refractivity contribution in [3.63, 3.8) is 0 Å². The zero-order chi connectivity index (χ0) is 15.8. The number of hydrogen-bond donors (Lipinski definition) is 3. The van der Waals surface area contributed by atoms with Gasteiger partial charge in [0.25, 0.3) is 5.91 Å². The van der Waals surface area contributed by atoms with E-state index in [-0.39, 0.29) is 29.9 Å². The molecular formula is C16H24ClIN4O. The Balaban J connectivity index is 0.00000264. The first kappa shape index (κ1) is 20.0. The summed E-state index contributed by atoms with van der Waals surface area (Å²) in [6.07, 6.45) is 4.96. The summed E-state index contributed by atoms with van der Waals surface area (Å²) in [4.78, 5) is 16.2. The molecule has 1 fully saturated rings. The van der Waals surface area contributed by atoms with E-state index in [4.69, 9.17) is 11.6 Å². The Bertz CT molecular complexity index is 533. The van der Waals surface area contributed by atoms with Crippen LogP contribution >= 0.6 is 35.6 Å². The molecule has 0 radical (unpaired) electrons. The molecule has 1 amide bonds. The van der Waals surface area contributed by atoms with Crippen molar-refractivity contribution in [2.75, 3.05) is 20.1 Å². The molecule has 0 atom stereocenters. The van der Waals surface area contributed by atoms with Crippen LogP contribution in [0.2, 0.25) is 5.02 Å². The maximum Gasteiger partial charge on any atom is 0.252 e. The molecule has 128 valence electrons. The molecule has 1 saturated carbocycles. The maximum absolute atomic E-state index is 12.0. The number of nitrogens with zero attached hydrogens (tertiary/aromatic N) is 1. The summed E-state index contributed by atoms with van der Waals surface area (Å²) in [6, 6.07) is 7.54. The molecular weight excluding hydrogens is 427 g/mol. The Hall–Kier alpha value is -1.02. The van der Waals surface area contributed by atoms with Gasteiger partial charge in [-0.3, -0.25) is 9.79 Å². The molecule has 0 unspecified atom stereocenters. The van der Waals surface area contributed by atoms with E-state index in [9.17, 15) is 4.79 Å². The number of benzene rings is 1. The third-order valence-corrected chi connectivity index (χ3v) is 4.07. The highest BCUT2D eigenvalue weighted by atomic mass is 127. The van der Waals surface area contributed by atoms with Crippen LogP contribution in [0.3, 0.4) is 0 Å². The minimum absolute atomic E-state index is 0. The molecule has 1 aliphatic rings. The van der Waals surface area contributed by atoms with Crippen LogP contribution < -0.4 is 16.0 Å². The molecule has 7 heteroatoms. The number of carbonyl (C=O) groups is 1. The Morgan fingerprint density at radius 3 is 2.52 bits per heavy atom. The van der Waals surface area contributed by atoms with Crippen molar-refractivity contribution in [1.29, 1.82) is 0 Å². The third-order valence-electron chi connectivity index (χ3n) is 3.74. The monoisotopic (exact) mass is 450 g/mol. The van der Waals surface area contributed by atoms with Crippen LogP contribution in [0, 0.1) is 0 Å². The van der Waals surface area contributed by atoms with Crippen molar-refractivity contribution in [2.24, 2.45) is 4.99 Å². The van der Waals surface area contributed by atoms with Gasteiger partial charge in [0.1, 0.15) is 0 Å². The highest BCUT2D eigenvalue weighted by Crippen LogP contribution is 2.17. The van der Waals surface area contributed by atoms with Crippen molar-refractivity contribution < 1.29 is 4.79 Å². The van der Waals surface area contributed by atoms with Crippen LogP contribution in [0.5, 0.6) is 0 Å².